The molecular weight excluding hydrogens is 372 g/mol. The normalized spacial score (nSPS) is 14.4. The molecule has 0 unspecified atom stereocenters. The van der Waals surface area contributed by atoms with Crippen LogP contribution in [0.15, 0.2) is 36.5 Å². The lowest BCUT2D eigenvalue weighted by atomic mass is 10.2. The lowest BCUT2D eigenvalue weighted by molar-refractivity contribution is 0.0240. The zero-order valence-corrected chi connectivity index (χ0v) is 16.9. The Morgan fingerprint density at radius 1 is 1.10 bits per heavy atom. The number of hydrogen-bond donors (Lipinski definition) is 2. The quantitative estimate of drug-likeness (QED) is 0.816. The Hall–Kier alpha value is -3.36. The van der Waals surface area contributed by atoms with Gasteiger partial charge in [-0.3, -0.25) is 4.79 Å². The number of carbonyl (C=O) groups excluding carboxylic acids is 2. The summed E-state index contributed by atoms with van der Waals surface area (Å²) >= 11 is 0. The number of carbonyl (C=O) groups is 2. The van der Waals surface area contributed by atoms with Crippen LogP contribution in [0.3, 0.4) is 0 Å². The van der Waals surface area contributed by atoms with Crippen molar-refractivity contribution in [2.75, 3.05) is 42.1 Å². The van der Waals surface area contributed by atoms with E-state index in [1.54, 1.807) is 17.0 Å². The smallest absolute Gasteiger partial charge is 0.410 e. The Labute approximate surface area is 169 Å². The number of nitrogens with two attached hydrogens (primary N) is 1. The first kappa shape index (κ1) is 20.4. The van der Waals surface area contributed by atoms with Gasteiger partial charge in [0.1, 0.15) is 17.0 Å². The van der Waals surface area contributed by atoms with Crippen LogP contribution in [-0.4, -0.2) is 58.6 Å². The molecule has 0 atom stereocenters. The molecule has 9 heteroatoms. The van der Waals surface area contributed by atoms with E-state index in [0.29, 0.717) is 37.8 Å². The molecule has 1 aliphatic heterocycles. The molecule has 2 heterocycles. The number of piperazine rings is 1. The fraction of sp³-hybridized carbons (Fsp3) is 0.400. The summed E-state index contributed by atoms with van der Waals surface area (Å²) in [5.41, 5.74) is 6.36. The molecule has 1 saturated heterocycles. The maximum absolute atomic E-state index is 12.4. The minimum atomic E-state index is -0.526. The van der Waals surface area contributed by atoms with Crippen LogP contribution < -0.4 is 16.0 Å². The summed E-state index contributed by atoms with van der Waals surface area (Å²) < 4.78 is 5.40. The van der Waals surface area contributed by atoms with E-state index >= 15 is 0 Å². The van der Waals surface area contributed by atoms with Gasteiger partial charge in [0.15, 0.2) is 0 Å². The van der Waals surface area contributed by atoms with E-state index in [0.717, 1.165) is 0 Å². The van der Waals surface area contributed by atoms with Crippen LogP contribution in [0, 0.1) is 0 Å². The summed E-state index contributed by atoms with van der Waals surface area (Å²) in [6, 6.07) is 9.09. The fourth-order valence-corrected chi connectivity index (χ4v) is 2.85. The van der Waals surface area contributed by atoms with Crippen molar-refractivity contribution >= 4 is 29.5 Å². The van der Waals surface area contributed by atoms with E-state index in [1.807, 2.05) is 43.9 Å². The van der Waals surface area contributed by atoms with Gasteiger partial charge in [-0.05, 0) is 32.9 Å². The third-order valence-corrected chi connectivity index (χ3v) is 4.30. The van der Waals surface area contributed by atoms with Crippen LogP contribution in [0.2, 0.25) is 0 Å². The number of rotatable bonds is 3. The van der Waals surface area contributed by atoms with Crippen molar-refractivity contribution in [3.8, 4) is 0 Å². The van der Waals surface area contributed by atoms with Crippen LogP contribution in [0.25, 0.3) is 0 Å². The van der Waals surface area contributed by atoms with E-state index in [4.69, 9.17) is 10.5 Å². The highest BCUT2D eigenvalue weighted by Crippen LogP contribution is 2.18. The highest BCUT2D eigenvalue weighted by atomic mass is 16.6. The van der Waals surface area contributed by atoms with Gasteiger partial charge in [-0.2, -0.15) is 4.98 Å². The second-order valence-corrected chi connectivity index (χ2v) is 7.74. The number of nitrogens with one attached hydrogen (secondary N) is 1. The largest absolute Gasteiger partial charge is 0.444 e. The summed E-state index contributed by atoms with van der Waals surface area (Å²) in [4.78, 5) is 36.7. The van der Waals surface area contributed by atoms with Gasteiger partial charge < -0.3 is 25.6 Å². The van der Waals surface area contributed by atoms with Crippen molar-refractivity contribution in [3.05, 3.63) is 42.1 Å². The summed E-state index contributed by atoms with van der Waals surface area (Å²) in [6.07, 6.45) is 1.10. The molecule has 0 saturated carbocycles. The fourth-order valence-electron chi connectivity index (χ4n) is 2.85. The lowest BCUT2D eigenvalue weighted by Gasteiger charge is -2.35. The van der Waals surface area contributed by atoms with Crippen LogP contribution >= 0.6 is 0 Å². The summed E-state index contributed by atoms with van der Waals surface area (Å²) in [5.74, 6) is 0.176. The number of nitrogen functional groups attached to an aromatic ring is 1. The topological polar surface area (TPSA) is 114 Å². The van der Waals surface area contributed by atoms with Gasteiger partial charge in [0.05, 0.1) is 0 Å². The number of ether oxygens (including phenoxy) is 1. The molecule has 154 valence electrons. The first-order valence-corrected chi connectivity index (χ1v) is 9.45. The van der Waals surface area contributed by atoms with Crippen LogP contribution in [0.5, 0.6) is 0 Å². The molecule has 0 radical (unpaired) electrons. The van der Waals surface area contributed by atoms with Crippen molar-refractivity contribution in [1.82, 2.24) is 14.9 Å². The monoisotopic (exact) mass is 398 g/mol. The molecule has 9 nitrogen and oxygen atoms in total. The van der Waals surface area contributed by atoms with E-state index in [2.05, 4.69) is 15.3 Å². The molecular formula is C20H26N6O3. The average Bonchev–Trinajstić information content (AvgIpc) is 2.67. The van der Waals surface area contributed by atoms with Gasteiger partial charge in [0, 0.05) is 38.1 Å². The predicted octanol–water partition coefficient (Wildman–Crippen LogP) is 2.37. The molecule has 0 bridgehead atoms. The Bertz CT molecular complexity index is 874. The number of nitrogens with zero attached hydrogens (tertiary/aromatic N) is 4. The van der Waals surface area contributed by atoms with Gasteiger partial charge in [-0.15, -0.1) is 0 Å². The highest BCUT2D eigenvalue weighted by molar-refractivity contribution is 6.07. The zero-order chi connectivity index (χ0) is 21.0. The Kier molecular flexibility index (Phi) is 5.86. The molecule has 2 amide bonds. The Morgan fingerprint density at radius 3 is 2.34 bits per heavy atom. The summed E-state index contributed by atoms with van der Waals surface area (Å²) in [7, 11) is 0. The van der Waals surface area contributed by atoms with Crippen molar-refractivity contribution in [2.24, 2.45) is 0 Å². The number of hydrogen-bond acceptors (Lipinski definition) is 7. The molecule has 29 heavy (non-hydrogen) atoms. The van der Waals surface area contributed by atoms with Gasteiger partial charge in [-0.25, -0.2) is 9.78 Å². The number of anilines is 3. The van der Waals surface area contributed by atoms with Crippen LogP contribution in [0.4, 0.5) is 22.2 Å². The molecule has 1 aromatic carbocycles. The van der Waals surface area contributed by atoms with E-state index < -0.39 is 5.60 Å². The molecule has 1 aromatic heterocycles. The summed E-state index contributed by atoms with van der Waals surface area (Å²) in [6.45, 7) is 7.61. The maximum atomic E-state index is 12.4. The first-order chi connectivity index (χ1) is 13.7. The summed E-state index contributed by atoms with van der Waals surface area (Å²) in [5, 5.41) is 2.76. The molecule has 2 aromatic rings. The molecule has 3 rings (SSSR count). The molecule has 3 N–H and O–H groups in total. The lowest BCUT2D eigenvalue weighted by Crippen LogP contribution is -2.50. The van der Waals surface area contributed by atoms with E-state index in [1.165, 1.54) is 6.20 Å². The van der Waals surface area contributed by atoms with Crippen molar-refractivity contribution in [3.63, 3.8) is 0 Å². The minimum Gasteiger partial charge on any atom is -0.444 e. The second kappa shape index (κ2) is 8.34. The Morgan fingerprint density at radius 2 is 1.76 bits per heavy atom. The van der Waals surface area contributed by atoms with Crippen molar-refractivity contribution in [2.45, 2.75) is 26.4 Å². The maximum Gasteiger partial charge on any atom is 0.410 e. The average molecular weight is 398 g/mol. The zero-order valence-electron chi connectivity index (χ0n) is 16.9. The van der Waals surface area contributed by atoms with Crippen molar-refractivity contribution in [1.29, 1.82) is 0 Å². The minimum absolute atomic E-state index is 0.109. The van der Waals surface area contributed by atoms with Gasteiger partial charge in [0.2, 0.25) is 5.95 Å². The number of benzene rings is 1. The second-order valence-electron chi connectivity index (χ2n) is 7.74. The molecule has 1 fully saturated rings. The predicted molar refractivity (Wildman–Crippen MR) is 111 cm³/mol. The van der Waals surface area contributed by atoms with Crippen LogP contribution in [0.1, 0.15) is 31.1 Å². The highest BCUT2D eigenvalue weighted by Gasteiger charge is 2.27. The third-order valence-electron chi connectivity index (χ3n) is 4.30. The van der Waals surface area contributed by atoms with Gasteiger partial charge >= 0.3 is 6.09 Å². The van der Waals surface area contributed by atoms with Crippen LogP contribution in [-0.2, 0) is 4.74 Å². The van der Waals surface area contributed by atoms with Gasteiger partial charge in [0.25, 0.3) is 5.91 Å². The Balaban J connectivity index is 1.61. The SMILES string of the molecule is CC(C)(C)OC(=O)N1CCN(c2ncc(C(=O)Nc3ccccc3)c(N)n2)CC1. The molecule has 0 aliphatic carbocycles. The standard InChI is InChI=1S/C20H26N6O3/c1-20(2,3)29-19(28)26-11-9-25(10-12-26)18-22-13-15(16(21)24-18)17(27)23-14-7-5-4-6-8-14/h4-8,13H,9-12H2,1-3H3,(H,23,27)(H2,21,22,24). The molecule has 1 aliphatic rings. The van der Waals surface area contributed by atoms with E-state index in [9.17, 15) is 9.59 Å². The third kappa shape index (κ3) is 5.34. The number of para-hydroxylation sites is 1. The number of aromatic nitrogens is 2. The molecule has 0 spiro atoms. The van der Waals surface area contributed by atoms with Gasteiger partial charge in [-0.1, -0.05) is 18.2 Å². The number of amides is 2. The van der Waals surface area contributed by atoms with Crippen molar-refractivity contribution < 1.29 is 14.3 Å². The first-order valence-electron chi connectivity index (χ1n) is 9.45. The van der Waals surface area contributed by atoms with E-state index in [-0.39, 0.29) is 23.4 Å².